The molecule has 0 fully saturated rings. The molecule has 3 nitrogen and oxygen atoms in total. The fraction of sp³-hybridized carbons (Fsp3) is 0.267. The second-order valence-electron chi connectivity index (χ2n) is 4.62. The molecule has 2 aromatic rings. The van der Waals surface area contributed by atoms with Crippen LogP contribution in [0, 0.1) is 18.3 Å². The van der Waals surface area contributed by atoms with Gasteiger partial charge in [0.15, 0.2) is 0 Å². The maximum Gasteiger partial charge on any atom is 0.110 e. The largest absolute Gasteiger partial charge is 0.380 e. The molecule has 0 aliphatic rings. The van der Waals surface area contributed by atoms with Crippen LogP contribution in [0.25, 0.3) is 0 Å². The van der Waals surface area contributed by atoms with Gasteiger partial charge in [-0.2, -0.15) is 5.26 Å². The molecule has 2 rings (SSSR count). The molecule has 1 aromatic carbocycles. The summed E-state index contributed by atoms with van der Waals surface area (Å²) in [5.74, 6) is 0. The summed E-state index contributed by atoms with van der Waals surface area (Å²) in [6, 6.07) is 12.4. The molecule has 19 heavy (non-hydrogen) atoms. The average molecular weight is 271 g/mol. The number of nitriles is 1. The summed E-state index contributed by atoms with van der Waals surface area (Å²) in [4.78, 5) is 4.03. The molecule has 1 heterocycles. The van der Waals surface area contributed by atoms with Gasteiger partial charge in [-0.3, -0.25) is 0 Å². The fourth-order valence-electron chi connectivity index (χ4n) is 1.84. The van der Waals surface area contributed by atoms with Gasteiger partial charge in [-0.1, -0.05) is 0 Å². The number of hydrogen-bond acceptors (Lipinski definition) is 4. The third kappa shape index (κ3) is 3.27. The van der Waals surface area contributed by atoms with E-state index in [4.69, 9.17) is 5.26 Å². The van der Waals surface area contributed by atoms with Crippen molar-refractivity contribution in [3.05, 3.63) is 45.6 Å². The van der Waals surface area contributed by atoms with Crippen LogP contribution in [0.3, 0.4) is 0 Å². The predicted octanol–water partition coefficient (Wildman–Crippen LogP) is 3.61. The molecule has 0 amide bonds. The first-order valence-corrected chi connectivity index (χ1v) is 6.92. The molecule has 0 spiro atoms. The number of rotatable bonds is 4. The number of benzene rings is 1. The Labute approximate surface area is 118 Å². The number of hydrogen-bond donors (Lipinski definition) is 1. The van der Waals surface area contributed by atoms with Gasteiger partial charge in [0.05, 0.1) is 0 Å². The van der Waals surface area contributed by atoms with Crippen LogP contribution in [-0.2, 0) is 6.54 Å². The van der Waals surface area contributed by atoms with Gasteiger partial charge in [0.2, 0.25) is 0 Å². The summed E-state index contributed by atoms with van der Waals surface area (Å²) in [5, 5.41) is 12.2. The normalized spacial score (nSPS) is 10.0. The van der Waals surface area contributed by atoms with Gasteiger partial charge >= 0.3 is 0 Å². The van der Waals surface area contributed by atoms with Crippen LogP contribution in [-0.4, -0.2) is 14.1 Å². The molecule has 0 bridgehead atoms. The third-order valence-electron chi connectivity index (χ3n) is 2.95. The summed E-state index contributed by atoms with van der Waals surface area (Å²) >= 11 is 1.53. The Bertz CT molecular complexity index is 608. The van der Waals surface area contributed by atoms with E-state index < -0.39 is 0 Å². The highest BCUT2D eigenvalue weighted by atomic mass is 32.1. The van der Waals surface area contributed by atoms with Crippen LogP contribution in [0.5, 0.6) is 0 Å². The van der Waals surface area contributed by atoms with Crippen molar-refractivity contribution in [3.8, 4) is 6.07 Å². The second kappa shape index (κ2) is 5.77. The Kier molecular flexibility index (Phi) is 4.08. The summed E-state index contributed by atoms with van der Waals surface area (Å²) in [6.07, 6.45) is 0. The first kappa shape index (κ1) is 13.4. The van der Waals surface area contributed by atoms with Crippen molar-refractivity contribution in [2.24, 2.45) is 0 Å². The van der Waals surface area contributed by atoms with Gasteiger partial charge in [0.1, 0.15) is 10.9 Å². The lowest BCUT2D eigenvalue weighted by atomic mass is 10.1. The minimum Gasteiger partial charge on any atom is -0.380 e. The number of nitrogens with one attached hydrogen (secondary N) is 1. The van der Waals surface area contributed by atoms with Crippen molar-refractivity contribution in [1.29, 1.82) is 5.26 Å². The van der Waals surface area contributed by atoms with Gasteiger partial charge in [-0.25, -0.2) is 0 Å². The van der Waals surface area contributed by atoms with E-state index in [1.165, 1.54) is 27.5 Å². The highest BCUT2D eigenvalue weighted by Gasteiger charge is 2.03. The topological polar surface area (TPSA) is 39.1 Å². The number of nitrogens with zero attached hydrogens (tertiary/aromatic N) is 2. The number of thiophene rings is 1. The van der Waals surface area contributed by atoms with Crippen LogP contribution in [0.15, 0.2) is 30.3 Å². The zero-order chi connectivity index (χ0) is 13.8. The molecule has 1 N–H and O–H groups in total. The van der Waals surface area contributed by atoms with Crippen LogP contribution in [0.1, 0.15) is 15.3 Å². The van der Waals surface area contributed by atoms with Gasteiger partial charge in [-0.15, -0.1) is 11.3 Å². The smallest absolute Gasteiger partial charge is 0.110 e. The van der Waals surface area contributed by atoms with Gasteiger partial charge in [0.25, 0.3) is 0 Å². The summed E-state index contributed by atoms with van der Waals surface area (Å²) in [6.45, 7) is 2.86. The molecule has 98 valence electrons. The first-order chi connectivity index (χ1) is 9.10. The zero-order valence-corrected chi connectivity index (χ0v) is 12.2. The van der Waals surface area contributed by atoms with Crippen LogP contribution in [0.2, 0.25) is 0 Å². The second-order valence-corrected chi connectivity index (χ2v) is 5.79. The monoisotopic (exact) mass is 271 g/mol. The Balaban J connectivity index is 2.05. The van der Waals surface area contributed by atoms with Gasteiger partial charge in [-0.05, 0) is 42.8 Å². The van der Waals surface area contributed by atoms with Crippen LogP contribution >= 0.6 is 11.3 Å². The van der Waals surface area contributed by atoms with E-state index >= 15 is 0 Å². The fourth-order valence-corrected chi connectivity index (χ4v) is 2.58. The number of aryl methyl sites for hydroxylation is 1. The van der Waals surface area contributed by atoms with Gasteiger partial charge in [0, 0.05) is 36.9 Å². The summed E-state index contributed by atoms with van der Waals surface area (Å²) in [7, 11) is 4.08. The molecule has 0 atom stereocenters. The first-order valence-electron chi connectivity index (χ1n) is 6.11. The quantitative estimate of drug-likeness (QED) is 0.923. The molecular formula is C15H17N3S. The highest BCUT2D eigenvalue weighted by molar-refractivity contribution is 7.12. The van der Waals surface area contributed by atoms with E-state index in [1.54, 1.807) is 0 Å². The van der Waals surface area contributed by atoms with E-state index in [2.05, 4.69) is 41.4 Å². The molecule has 4 heteroatoms. The molecule has 0 saturated carbocycles. The minimum atomic E-state index is 0.758. The lowest BCUT2D eigenvalue weighted by Crippen LogP contribution is -2.09. The van der Waals surface area contributed by atoms with Crippen molar-refractivity contribution in [3.63, 3.8) is 0 Å². The Morgan fingerprint density at radius 2 is 2.05 bits per heavy atom. The van der Waals surface area contributed by atoms with Gasteiger partial charge < -0.3 is 10.2 Å². The van der Waals surface area contributed by atoms with E-state index in [0.717, 1.165) is 17.1 Å². The third-order valence-corrected chi connectivity index (χ3v) is 3.94. The zero-order valence-electron chi connectivity index (χ0n) is 11.4. The molecule has 0 radical (unpaired) electrons. The van der Waals surface area contributed by atoms with Crippen molar-refractivity contribution in [1.82, 2.24) is 0 Å². The SMILES string of the molecule is Cc1cc(N(C)C)ccc1NCc1ccc(C#N)s1. The highest BCUT2D eigenvalue weighted by Crippen LogP contribution is 2.23. The lowest BCUT2D eigenvalue weighted by Gasteiger charge is -2.15. The van der Waals surface area contributed by atoms with Crippen molar-refractivity contribution < 1.29 is 0 Å². The molecular weight excluding hydrogens is 254 g/mol. The van der Waals surface area contributed by atoms with E-state index in [-0.39, 0.29) is 0 Å². The van der Waals surface area contributed by atoms with Crippen molar-refractivity contribution in [2.45, 2.75) is 13.5 Å². The molecule has 0 unspecified atom stereocenters. The summed E-state index contributed by atoms with van der Waals surface area (Å²) < 4.78 is 0. The predicted molar refractivity (Wildman–Crippen MR) is 81.9 cm³/mol. The van der Waals surface area contributed by atoms with Crippen LogP contribution in [0.4, 0.5) is 11.4 Å². The minimum absolute atomic E-state index is 0.758. The maximum absolute atomic E-state index is 8.80. The molecule has 1 aromatic heterocycles. The Hall–Kier alpha value is -1.99. The summed E-state index contributed by atoms with van der Waals surface area (Å²) in [5.41, 5.74) is 3.56. The standard InChI is InChI=1S/C15H17N3S/c1-11-8-12(18(2)3)4-7-15(11)17-10-14-6-5-13(9-16)19-14/h4-8,17H,10H2,1-3H3. The van der Waals surface area contributed by atoms with E-state index in [1.807, 2.05) is 26.2 Å². The lowest BCUT2D eigenvalue weighted by molar-refractivity contribution is 1.12. The van der Waals surface area contributed by atoms with Crippen molar-refractivity contribution in [2.75, 3.05) is 24.3 Å². The van der Waals surface area contributed by atoms with E-state index in [0.29, 0.717) is 0 Å². The average Bonchev–Trinajstić information content (AvgIpc) is 2.85. The Morgan fingerprint density at radius 1 is 1.26 bits per heavy atom. The molecule has 0 aliphatic carbocycles. The van der Waals surface area contributed by atoms with Crippen LogP contribution < -0.4 is 10.2 Å². The van der Waals surface area contributed by atoms with E-state index in [9.17, 15) is 0 Å². The molecule has 0 aliphatic heterocycles. The number of anilines is 2. The maximum atomic E-state index is 8.80. The molecule has 0 saturated heterocycles. The Morgan fingerprint density at radius 3 is 2.63 bits per heavy atom. The van der Waals surface area contributed by atoms with Crippen molar-refractivity contribution >= 4 is 22.7 Å².